The zero-order valence-corrected chi connectivity index (χ0v) is 9.75. The van der Waals surface area contributed by atoms with Crippen molar-refractivity contribution < 1.29 is 14.7 Å². The molecule has 0 aromatic carbocycles. The van der Waals surface area contributed by atoms with E-state index in [1.54, 1.807) is 26.2 Å². The minimum atomic E-state index is -0.925. The molecule has 1 atom stereocenters. The van der Waals surface area contributed by atoms with Gasteiger partial charge in [-0.05, 0) is 19.1 Å². The molecule has 0 aliphatic rings. The normalized spacial score (nSPS) is 11.2. The predicted octanol–water partition coefficient (Wildman–Crippen LogP) is 1.27. The maximum atomic E-state index is 10.6. The van der Waals surface area contributed by atoms with E-state index in [1.807, 2.05) is 0 Å². The van der Waals surface area contributed by atoms with Crippen molar-refractivity contribution in [2.24, 2.45) is 5.73 Å². The van der Waals surface area contributed by atoms with E-state index in [9.17, 15) is 4.79 Å². The van der Waals surface area contributed by atoms with Gasteiger partial charge in [-0.3, -0.25) is 5.21 Å². The lowest BCUT2D eigenvalue weighted by Crippen LogP contribution is -2.38. The molecule has 0 saturated carbocycles. The van der Waals surface area contributed by atoms with Crippen LogP contribution >= 0.6 is 11.3 Å². The van der Waals surface area contributed by atoms with Gasteiger partial charge in [-0.1, -0.05) is 23.2 Å². The Hall–Kier alpha value is -1.71. The van der Waals surface area contributed by atoms with Gasteiger partial charge in [0.2, 0.25) is 0 Å². The topological polar surface area (TPSA) is 75.8 Å². The fourth-order valence-electron chi connectivity index (χ4n) is 0.925. The van der Waals surface area contributed by atoms with E-state index in [0.717, 1.165) is 9.94 Å². The van der Waals surface area contributed by atoms with Crippen molar-refractivity contribution in [2.75, 3.05) is 7.11 Å². The van der Waals surface area contributed by atoms with Crippen molar-refractivity contribution in [2.45, 2.75) is 13.0 Å². The molecule has 0 aliphatic heterocycles. The van der Waals surface area contributed by atoms with Crippen molar-refractivity contribution in [3.8, 4) is 16.9 Å². The largest absolute Gasteiger partial charge is 0.487 e. The molecule has 1 unspecified atom stereocenters. The fourth-order valence-corrected chi connectivity index (χ4v) is 1.61. The van der Waals surface area contributed by atoms with Crippen LogP contribution in [0, 0.1) is 11.8 Å². The second-order valence-electron chi connectivity index (χ2n) is 2.95. The standard InChI is InChI=1S/C10H12N2O3S/c1-7(12(14)10(11)13)3-4-8-5-6-9(15-2)16-8/h5-7,14H,1-2H3,(H2,11,13). The predicted molar refractivity (Wildman–Crippen MR) is 60.4 cm³/mol. The average molecular weight is 240 g/mol. The number of hydrogen-bond donors (Lipinski definition) is 2. The number of urea groups is 1. The molecule has 2 amide bonds. The summed E-state index contributed by atoms with van der Waals surface area (Å²) in [4.78, 5) is 11.4. The first-order valence-corrected chi connectivity index (χ1v) is 5.29. The average Bonchev–Trinajstić information content (AvgIpc) is 2.72. The third kappa shape index (κ3) is 3.15. The van der Waals surface area contributed by atoms with Crippen LogP contribution in [0.2, 0.25) is 0 Å². The van der Waals surface area contributed by atoms with Gasteiger partial charge < -0.3 is 10.5 Å². The first-order valence-electron chi connectivity index (χ1n) is 4.47. The quantitative estimate of drug-likeness (QED) is 0.464. The molecule has 0 fully saturated rings. The van der Waals surface area contributed by atoms with E-state index < -0.39 is 12.1 Å². The third-order valence-electron chi connectivity index (χ3n) is 1.78. The highest BCUT2D eigenvalue weighted by Gasteiger charge is 2.11. The summed E-state index contributed by atoms with van der Waals surface area (Å²) in [6.45, 7) is 1.57. The molecule has 1 heterocycles. The SMILES string of the molecule is COc1ccc(C#CC(C)N(O)C(N)=O)s1. The van der Waals surface area contributed by atoms with Crippen molar-refractivity contribution >= 4 is 17.4 Å². The number of nitrogens with zero attached hydrogens (tertiary/aromatic N) is 1. The maximum absolute atomic E-state index is 10.6. The fraction of sp³-hybridized carbons (Fsp3) is 0.300. The Morgan fingerprint density at radius 3 is 2.88 bits per heavy atom. The van der Waals surface area contributed by atoms with Gasteiger partial charge in [0.25, 0.3) is 0 Å². The van der Waals surface area contributed by atoms with E-state index >= 15 is 0 Å². The second kappa shape index (κ2) is 5.39. The molecule has 1 aromatic heterocycles. The Bertz CT molecular complexity index is 433. The molecule has 0 spiro atoms. The summed E-state index contributed by atoms with van der Waals surface area (Å²) < 4.78 is 5.00. The van der Waals surface area contributed by atoms with Gasteiger partial charge >= 0.3 is 6.03 Å². The third-order valence-corrected chi connectivity index (χ3v) is 2.74. The summed E-state index contributed by atoms with van der Waals surface area (Å²) in [5.74, 6) is 5.51. The number of thiophene rings is 1. The Morgan fingerprint density at radius 1 is 1.69 bits per heavy atom. The van der Waals surface area contributed by atoms with Crippen LogP contribution in [0.5, 0.6) is 5.06 Å². The highest BCUT2D eigenvalue weighted by atomic mass is 32.1. The minimum Gasteiger partial charge on any atom is -0.487 e. The summed E-state index contributed by atoms with van der Waals surface area (Å²) in [6, 6.07) is 2.02. The number of hydroxylamine groups is 2. The van der Waals surface area contributed by atoms with Crippen molar-refractivity contribution in [1.29, 1.82) is 0 Å². The van der Waals surface area contributed by atoms with Gasteiger partial charge in [-0.2, -0.15) is 5.06 Å². The number of ether oxygens (including phenoxy) is 1. The number of carbonyl (C=O) groups is 1. The number of rotatable bonds is 2. The summed E-state index contributed by atoms with van der Waals surface area (Å²) >= 11 is 1.38. The van der Waals surface area contributed by atoms with Crippen LogP contribution in [0.1, 0.15) is 11.8 Å². The van der Waals surface area contributed by atoms with Crippen molar-refractivity contribution in [1.82, 2.24) is 5.06 Å². The highest BCUT2D eigenvalue weighted by Crippen LogP contribution is 2.22. The van der Waals surface area contributed by atoms with Crippen molar-refractivity contribution in [3.63, 3.8) is 0 Å². The summed E-state index contributed by atoms with van der Waals surface area (Å²) in [5.41, 5.74) is 4.88. The van der Waals surface area contributed by atoms with E-state index in [-0.39, 0.29) is 0 Å². The van der Waals surface area contributed by atoms with Crippen LogP contribution in [-0.2, 0) is 0 Å². The lowest BCUT2D eigenvalue weighted by molar-refractivity contribution is -0.0536. The van der Waals surface area contributed by atoms with Crippen LogP contribution in [0.3, 0.4) is 0 Å². The zero-order valence-electron chi connectivity index (χ0n) is 8.93. The maximum Gasteiger partial charge on any atom is 0.339 e. The summed E-state index contributed by atoms with van der Waals surface area (Å²) in [7, 11) is 1.58. The number of methoxy groups -OCH3 is 1. The second-order valence-corrected chi connectivity index (χ2v) is 4.00. The number of hydrogen-bond acceptors (Lipinski definition) is 4. The van der Waals surface area contributed by atoms with Crippen LogP contribution < -0.4 is 10.5 Å². The smallest absolute Gasteiger partial charge is 0.339 e. The summed E-state index contributed by atoms with van der Waals surface area (Å²) in [5, 5.41) is 10.3. The lowest BCUT2D eigenvalue weighted by atomic mass is 10.3. The molecular weight excluding hydrogens is 228 g/mol. The Labute approximate surface area is 97.4 Å². The number of carbonyl (C=O) groups excluding carboxylic acids is 1. The first kappa shape index (κ1) is 12.4. The monoisotopic (exact) mass is 240 g/mol. The van der Waals surface area contributed by atoms with Gasteiger partial charge in [0, 0.05) is 0 Å². The molecule has 3 N–H and O–H groups in total. The number of nitrogens with two attached hydrogens (primary N) is 1. The number of amides is 2. The van der Waals surface area contributed by atoms with Gasteiger partial charge in [0.1, 0.15) is 6.04 Å². The zero-order chi connectivity index (χ0) is 12.1. The molecular formula is C10H12N2O3S. The number of primary amides is 1. The van der Waals surface area contributed by atoms with Crippen LogP contribution in [0.25, 0.3) is 0 Å². The van der Waals surface area contributed by atoms with E-state index in [1.165, 1.54) is 11.3 Å². The van der Waals surface area contributed by atoms with Crippen LogP contribution in [-0.4, -0.2) is 29.5 Å². The van der Waals surface area contributed by atoms with E-state index in [0.29, 0.717) is 5.06 Å². The molecule has 1 aromatic rings. The highest BCUT2D eigenvalue weighted by molar-refractivity contribution is 7.14. The van der Waals surface area contributed by atoms with Gasteiger partial charge in [0.05, 0.1) is 12.0 Å². The molecule has 6 heteroatoms. The molecule has 0 aliphatic carbocycles. The van der Waals surface area contributed by atoms with Crippen molar-refractivity contribution in [3.05, 3.63) is 17.0 Å². The lowest BCUT2D eigenvalue weighted by Gasteiger charge is -2.14. The summed E-state index contributed by atoms with van der Waals surface area (Å²) in [6.07, 6.45) is 0. The molecule has 0 saturated heterocycles. The molecule has 0 radical (unpaired) electrons. The van der Waals surface area contributed by atoms with Gasteiger partial charge in [-0.25, -0.2) is 4.79 Å². The molecule has 86 valence electrons. The molecule has 16 heavy (non-hydrogen) atoms. The Kier molecular flexibility index (Phi) is 4.17. The van der Waals surface area contributed by atoms with E-state index in [4.69, 9.17) is 15.7 Å². The van der Waals surface area contributed by atoms with Crippen LogP contribution in [0.15, 0.2) is 12.1 Å². The Morgan fingerprint density at radius 2 is 2.38 bits per heavy atom. The molecule has 1 rings (SSSR count). The van der Waals surface area contributed by atoms with Gasteiger partial charge in [-0.15, -0.1) is 0 Å². The molecule has 0 bridgehead atoms. The molecule has 5 nitrogen and oxygen atoms in total. The Balaban J connectivity index is 2.70. The minimum absolute atomic E-state index is 0.387. The van der Waals surface area contributed by atoms with Gasteiger partial charge in [0.15, 0.2) is 5.06 Å². The van der Waals surface area contributed by atoms with Crippen LogP contribution in [0.4, 0.5) is 4.79 Å². The van der Waals surface area contributed by atoms with E-state index in [2.05, 4.69) is 11.8 Å². The first-order chi connectivity index (χ1) is 7.54.